The number of hydrogen-bond donors (Lipinski definition) is 2. The Hall–Kier alpha value is -1.64. The molecule has 1 atom stereocenters. The van der Waals surface area contributed by atoms with E-state index in [4.69, 9.17) is 16.3 Å². The van der Waals surface area contributed by atoms with Crippen LogP contribution in [0, 0.1) is 0 Å². The standard InChI is InChI=1S/C16H19ClN2O5S/c1-9(15(20)18-11-3-4-11)24-16(21)10-2-7-13(17)14(8-10)25(22,23)19-12-5-6-12/h2,7-9,11-12,19H,3-6H2,1H3,(H,18,20)/t9-/m0/s1. The van der Waals surface area contributed by atoms with Crippen molar-refractivity contribution in [1.82, 2.24) is 10.0 Å². The quantitative estimate of drug-likeness (QED) is 0.693. The summed E-state index contributed by atoms with van der Waals surface area (Å²) in [5.74, 6) is -1.15. The number of halogens is 1. The van der Waals surface area contributed by atoms with E-state index in [-0.39, 0.29) is 33.5 Å². The summed E-state index contributed by atoms with van der Waals surface area (Å²) in [5, 5.41) is 2.76. The van der Waals surface area contributed by atoms with E-state index in [1.807, 2.05) is 0 Å². The molecule has 0 aliphatic heterocycles. The average Bonchev–Trinajstić information content (AvgIpc) is 3.44. The number of nitrogens with one attached hydrogen (secondary N) is 2. The second kappa shape index (κ2) is 6.93. The van der Waals surface area contributed by atoms with Gasteiger partial charge in [0.15, 0.2) is 6.10 Å². The van der Waals surface area contributed by atoms with E-state index in [1.165, 1.54) is 25.1 Å². The maximum absolute atomic E-state index is 12.3. The molecule has 0 unspecified atom stereocenters. The van der Waals surface area contributed by atoms with Gasteiger partial charge in [-0.15, -0.1) is 0 Å². The molecule has 0 saturated heterocycles. The molecule has 7 nitrogen and oxygen atoms in total. The van der Waals surface area contributed by atoms with E-state index in [9.17, 15) is 18.0 Å². The predicted octanol–water partition coefficient (Wildman–Crippen LogP) is 1.60. The zero-order valence-electron chi connectivity index (χ0n) is 13.6. The second-order valence-electron chi connectivity index (χ2n) is 6.37. The van der Waals surface area contributed by atoms with Gasteiger partial charge < -0.3 is 10.1 Å². The minimum Gasteiger partial charge on any atom is -0.449 e. The van der Waals surface area contributed by atoms with Crippen LogP contribution in [0.5, 0.6) is 0 Å². The third kappa shape index (κ3) is 4.71. The van der Waals surface area contributed by atoms with Crippen LogP contribution in [-0.4, -0.2) is 38.5 Å². The lowest BCUT2D eigenvalue weighted by Crippen LogP contribution is -2.37. The van der Waals surface area contributed by atoms with Crippen LogP contribution >= 0.6 is 11.6 Å². The molecular formula is C16H19ClN2O5S. The molecule has 0 spiro atoms. The average molecular weight is 387 g/mol. The fraction of sp³-hybridized carbons (Fsp3) is 0.500. The summed E-state index contributed by atoms with van der Waals surface area (Å²) in [5.41, 5.74) is 0.0200. The normalized spacial score (nSPS) is 18.5. The minimum atomic E-state index is -3.81. The van der Waals surface area contributed by atoms with E-state index >= 15 is 0 Å². The maximum atomic E-state index is 12.3. The lowest BCUT2D eigenvalue weighted by Gasteiger charge is -2.14. The van der Waals surface area contributed by atoms with E-state index in [0.717, 1.165) is 25.7 Å². The number of carbonyl (C=O) groups is 2. The van der Waals surface area contributed by atoms with Crippen LogP contribution in [0.2, 0.25) is 5.02 Å². The van der Waals surface area contributed by atoms with Gasteiger partial charge in [-0.1, -0.05) is 11.6 Å². The highest BCUT2D eigenvalue weighted by molar-refractivity contribution is 7.89. The summed E-state index contributed by atoms with van der Waals surface area (Å²) in [6.07, 6.45) is 2.46. The van der Waals surface area contributed by atoms with Gasteiger partial charge >= 0.3 is 5.97 Å². The first-order chi connectivity index (χ1) is 11.8. The molecule has 0 aromatic heterocycles. The van der Waals surface area contributed by atoms with Crippen LogP contribution in [0.1, 0.15) is 43.0 Å². The summed E-state index contributed by atoms with van der Waals surface area (Å²) < 4.78 is 32.3. The molecule has 1 aromatic rings. The van der Waals surface area contributed by atoms with Gasteiger partial charge in [-0.2, -0.15) is 0 Å². The molecular weight excluding hydrogens is 368 g/mol. The summed E-state index contributed by atoms with van der Waals surface area (Å²) >= 11 is 5.97. The van der Waals surface area contributed by atoms with Gasteiger partial charge in [-0.05, 0) is 50.8 Å². The molecule has 136 valence electrons. The number of carbonyl (C=O) groups excluding carboxylic acids is 2. The Kier molecular flexibility index (Phi) is 5.04. The topological polar surface area (TPSA) is 102 Å². The highest BCUT2D eigenvalue weighted by atomic mass is 35.5. The molecule has 2 saturated carbocycles. The highest BCUT2D eigenvalue weighted by Gasteiger charge is 2.31. The van der Waals surface area contributed by atoms with Gasteiger partial charge in [0.05, 0.1) is 10.6 Å². The van der Waals surface area contributed by atoms with Gasteiger partial charge in [0, 0.05) is 12.1 Å². The molecule has 0 radical (unpaired) electrons. The lowest BCUT2D eigenvalue weighted by atomic mass is 10.2. The Morgan fingerprint density at radius 1 is 1.20 bits per heavy atom. The molecule has 0 heterocycles. The third-order valence-electron chi connectivity index (χ3n) is 3.93. The van der Waals surface area contributed by atoms with Crippen LogP contribution in [0.25, 0.3) is 0 Å². The molecule has 1 amide bonds. The summed E-state index contributed by atoms with van der Waals surface area (Å²) in [6, 6.07) is 3.94. The molecule has 25 heavy (non-hydrogen) atoms. The Balaban J connectivity index is 1.71. The Morgan fingerprint density at radius 2 is 1.84 bits per heavy atom. The second-order valence-corrected chi connectivity index (χ2v) is 8.46. The Labute approximate surface area is 151 Å². The first-order valence-corrected chi connectivity index (χ1v) is 9.95. The molecule has 1 aromatic carbocycles. The third-order valence-corrected chi connectivity index (χ3v) is 5.93. The van der Waals surface area contributed by atoms with Crippen molar-refractivity contribution in [3.8, 4) is 0 Å². The summed E-state index contributed by atoms with van der Waals surface area (Å²) in [6.45, 7) is 1.47. The van der Waals surface area contributed by atoms with Crippen LogP contribution < -0.4 is 10.0 Å². The number of esters is 1. The SMILES string of the molecule is C[C@H](OC(=O)c1ccc(Cl)c(S(=O)(=O)NC2CC2)c1)C(=O)NC1CC1. The molecule has 2 aliphatic rings. The van der Waals surface area contributed by atoms with Crippen molar-refractivity contribution in [1.29, 1.82) is 0 Å². The van der Waals surface area contributed by atoms with Crippen LogP contribution in [0.15, 0.2) is 23.1 Å². The van der Waals surface area contributed by atoms with Crippen molar-refractivity contribution in [2.75, 3.05) is 0 Å². The summed E-state index contributed by atoms with van der Waals surface area (Å²) in [7, 11) is -3.81. The van der Waals surface area contributed by atoms with E-state index in [2.05, 4.69) is 10.0 Å². The number of hydrogen-bond acceptors (Lipinski definition) is 5. The minimum absolute atomic E-state index is 0.0178. The lowest BCUT2D eigenvalue weighted by molar-refractivity contribution is -0.129. The largest absolute Gasteiger partial charge is 0.449 e. The van der Waals surface area contributed by atoms with Crippen molar-refractivity contribution in [3.63, 3.8) is 0 Å². The maximum Gasteiger partial charge on any atom is 0.338 e. The van der Waals surface area contributed by atoms with Gasteiger partial charge in [0.25, 0.3) is 5.91 Å². The smallest absolute Gasteiger partial charge is 0.338 e. The van der Waals surface area contributed by atoms with E-state index in [1.54, 1.807) is 0 Å². The molecule has 2 aliphatic carbocycles. The fourth-order valence-corrected chi connectivity index (χ4v) is 3.98. The monoisotopic (exact) mass is 386 g/mol. The fourth-order valence-electron chi connectivity index (χ4n) is 2.15. The van der Waals surface area contributed by atoms with Crippen LogP contribution in [0.4, 0.5) is 0 Å². The molecule has 0 bridgehead atoms. The zero-order chi connectivity index (χ0) is 18.2. The molecule has 3 rings (SSSR count). The van der Waals surface area contributed by atoms with E-state index in [0.29, 0.717) is 0 Å². The molecule has 2 fully saturated rings. The Morgan fingerprint density at radius 3 is 2.44 bits per heavy atom. The van der Waals surface area contributed by atoms with Crippen molar-refractivity contribution >= 4 is 33.5 Å². The summed E-state index contributed by atoms with van der Waals surface area (Å²) in [4.78, 5) is 23.9. The van der Waals surface area contributed by atoms with Crippen molar-refractivity contribution in [3.05, 3.63) is 28.8 Å². The van der Waals surface area contributed by atoms with Crippen molar-refractivity contribution < 1.29 is 22.7 Å². The molecule has 9 heteroatoms. The van der Waals surface area contributed by atoms with Gasteiger partial charge in [0.1, 0.15) is 4.90 Å². The van der Waals surface area contributed by atoms with Gasteiger partial charge in [0.2, 0.25) is 10.0 Å². The number of amides is 1. The first-order valence-electron chi connectivity index (χ1n) is 8.09. The highest BCUT2D eigenvalue weighted by Crippen LogP contribution is 2.27. The van der Waals surface area contributed by atoms with Gasteiger partial charge in [-0.3, -0.25) is 4.79 Å². The zero-order valence-corrected chi connectivity index (χ0v) is 15.2. The number of ether oxygens (including phenoxy) is 1. The van der Waals surface area contributed by atoms with Crippen LogP contribution in [-0.2, 0) is 19.6 Å². The first kappa shape index (κ1) is 18.2. The van der Waals surface area contributed by atoms with Gasteiger partial charge in [-0.25, -0.2) is 17.9 Å². The predicted molar refractivity (Wildman–Crippen MR) is 90.8 cm³/mol. The molecule has 2 N–H and O–H groups in total. The Bertz CT molecular complexity index is 803. The van der Waals surface area contributed by atoms with E-state index < -0.39 is 22.1 Å². The van der Waals surface area contributed by atoms with Crippen LogP contribution in [0.3, 0.4) is 0 Å². The van der Waals surface area contributed by atoms with Crippen molar-refractivity contribution in [2.24, 2.45) is 0 Å². The van der Waals surface area contributed by atoms with Crippen molar-refractivity contribution in [2.45, 2.75) is 55.7 Å². The number of rotatable bonds is 7. The number of benzene rings is 1. The number of sulfonamides is 1.